The average molecular weight is 338 g/mol. The molecule has 0 saturated carbocycles. The van der Waals surface area contributed by atoms with Gasteiger partial charge in [0.2, 0.25) is 0 Å². The van der Waals surface area contributed by atoms with Crippen molar-refractivity contribution in [1.29, 1.82) is 0 Å². The number of benzene rings is 1. The van der Waals surface area contributed by atoms with Gasteiger partial charge in [0, 0.05) is 29.3 Å². The summed E-state index contributed by atoms with van der Waals surface area (Å²) in [5.74, 6) is 5.71. The van der Waals surface area contributed by atoms with Crippen LogP contribution in [-0.2, 0) is 19.9 Å². The monoisotopic (exact) mass is 337 g/mol. The topological polar surface area (TPSA) is 81.9 Å². The fraction of sp³-hybridized carbons (Fsp3) is 0.357. The second kappa shape index (κ2) is 6.39. The van der Waals surface area contributed by atoms with Gasteiger partial charge in [0.15, 0.2) is 0 Å². The summed E-state index contributed by atoms with van der Waals surface area (Å²) < 4.78 is 2.89. The molecule has 0 spiro atoms. The molecule has 1 atom stereocenters. The van der Waals surface area contributed by atoms with Gasteiger partial charge < -0.3 is 5.73 Å². The minimum Gasteiger partial charge on any atom is -0.398 e. The lowest BCUT2D eigenvalue weighted by molar-refractivity contribution is 0.531. The Bertz CT molecular complexity index is 593. The van der Waals surface area contributed by atoms with Gasteiger partial charge >= 0.3 is 0 Å². The van der Waals surface area contributed by atoms with Crippen LogP contribution < -0.4 is 17.0 Å². The third-order valence-corrected chi connectivity index (χ3v) is 3.92. The number of nitrogens with zero attached hydrogens (tertiary/aromatic N) is 2. The zero-order chi connectivity index (χ0) is 14.7. The number of hydrogen-bond acceptors (Lipinski definition) is 4. The van der Waals surface area contributed by atoms with Gasteiger partial charge in [-0.15, -0.1) is 0 Å². The van der Waals surface area contributed by atoms with Gasteiger partial charge in [-0.05, 0) is 36.2 Å². The minimum absolute atomic E-state index is 0.0485. The smallest absolute Gasteiger partial charge is 0.0624 e. The molecule has 5 nitrogen and oxygen atoms in total. The van der Waals surface area contributed by atoms with E-state index < -0.39 is 0 Å². The van der Waals surface area contributed by atoms with Crippen molar-refractivity contribution in [3.63, 3.8) is 0 Å². The number of hydrogen-bond donors (Lipinski definition) is 3. The van der Waals surface area contributed by atoms with Crippen molar-refractivity contribution in [1.82, 2.24) is 15.2 Å². The van der Waals surface area contributed by atoms with Crippen molar-refractivity contribution in [2.24, 2.45) is 12.9 Å². The summed E-state index contributed by atoms with van der Waals surface area (Å²) in [7, 11) is 1.95. The first-order valence-electron chi connectivity index (χ1n) is 6.58. The molecule has 1 unspecified atom stereocenters. The van der Waals surface area contributed by atoms with Gasteiger partial charge in [0.05, 0.1) is 11.7 Å². The zero-order valence-corrected chi connectivity index (χ0v) is 13.3. The van der Waals surface area contributed by atoms with E-state index in [0.29, 0.717) is 0 Å². The van der Waals surface area contributed by atoms with E-state index in [0.717, 1.165) is 40.0 Å². The number of nitrogens with one attached hydrogen (secondary N) is 1. The van der Waals surface area contributed by atoms with E-state index in [-0.39, 0.29) is 6.04 Å². The first kappa shape index (κ1) is 15.0. The molecular weight excluding hydrogens is 318 g/mol. The largest absolute Gasteiger partial charge is 0.398 e. The summed E-state index contributed by atoms with van der Waals surface area (Å²) in [5.41, 5.74) is 12.8. The molecule has 0 amide bonds. The van der Waals surface area contributed by atoms with Crippen LogP contribution in [0.15, 0.2) is 28.7 Å². The number of aryl methyl sites for hydroxylation is 2. The third kappa shape index (κ3) is 3.20. The van der Waals surface area contributed by atoms with Gasteiger partial charge in [0.1, 0.15) is 0 Å². The molecule has 0 saturated heterocycles. The van der Waals surface area contributed by atoms with Gasteiger partial charge in [-0.2, -0.15) is 5.10 Å². The molecular formula is C14H20BrN5. The van der Waals surface area contributed by atoms with Crippen LogP contribution in [0.25, 0.3) is 0 Å². The lowest BCUT2D eigenvalue weighted by Crippen LogP contribution is -2.30. The molecule has 108 valence electrons. The van der Waals surface area contributed by atoms with E-state index in [2.05, 4.69) is 39.4 Å². The summed E-state index contributed by atoms with van der Waals surface area (Å²) in [6, 6.07) is 7.86. The Labute approximate surface area is 127 Å². The van der Waals surface area contributed by atoms with Crippen LogP contribution >= 0.6 is 15.9 Å². The van der Waals surface area contributed by atoms with Crippen LogP contribution in [-0.4, -0.2) is 9.78 Å². The maximum atomic E-state index is 6.05. The number of nitrogen functional groups attached to an aromatic ring is 1. The Kier molecular flexibility index (Phi) is 4.80. The fourth-order valence-corrected chi connectivity index (χ4v) is 2.63. The van der Waals surface area contributed by atoms with Gasteiger partial charge in [-0.1, -0.05) is 22.9 Å². The van der Waals surface area contributed by atoms with Crippen LogP contribution in [0, 0.1) is 0 Å². The number of hydrazine groups is 1. The average Bonchev–Trinajstić information content (AvgIpc) is 2.79. The van der Waals surface area contributed by atoms with Crippen molar-refractivity contribution in [2.45, 2.75) is 25.8 Å². The van der Waals surface area contributed by atoms with Crippen molar-refractivity contribution in [3.8, 4) is 0 Å². The van der Waals surface area contributed by atoms with E-state index in [1.54, 1.807) is 0 Å². The standard InChI is InChI=1S/C14H20BrN5/c1-3-10-7-11(20(2)19-10)8-14(18-17)12-6-9(15)4-5-13(12)16/h4-7,14,18H,3,8,16-17H2,1-2H3. The Morgan fingerprint density at radius 3 is 2.75 bits per heavy atom. The fourth-order valence-electron chi connectivity index (χ4n) is 2.25. The predicted octanol–water partition coefficient (Wildman–Crippen LogP) is 2.07. The lowest BCUT2D eigenvalue weighted by Gasteiger charge is -2.18. The van der Waals surface area contributed by atoms with Crippen LogP contribution in [0.3, 0.4) is 0 Å². The summed E-state index contributed by atoms with van der Waals surface area (Å²) in [4.78, 5) is 0. The van der Waals surface area contributed by atoms with Crippen molar-refractivity contribution in [2.75, 3.05) is 5.73 Å². The number of nitrogens with two attached hydrogens (primary N) is 2. The number of anilines is 1. The molecule has 0 fully saturated rings. The maximum Gasteiger partial charge on any atom is 0.0624 e. The first-order chi connectivity index (χ1) is 9.55. The Hall–Kier alpha value is -1.37. The molecule has 6 heteroatoms. The molecule has 1 aromatic carbocycles. The molecule has 1 aromatic heterocycles. The maximum absolute atomic E-state index is 6.05. The molecule has 5 N–H and O–H groups in total. The summed E-state index contributed by atoms with van der Waals surface area (Å²) in [6.07, 6.45) is 1.66. The van der Waals surface area contributed by atoms with E-state index in [1.807, 2.05) is 29.9 Å². The summed E-state index contributed by atoms with van der Waals surface area (Å²) >= 11 is 3.47. The first-order valence-corrected chi connectivity index (χ1v) is 7.37. The zero-order valence-electron chi connectivity index (χ0n) is 11.7. The van der Waals surface area contributed by atoms with Gasteiger partial charge in [-0.3, -0.25) is 16.0 Å². The second-order valence-corrected chi connectivity index (χ2v) is 5.72. The third-order valence-electron chi connectivity index (χ3n) is 3.43. The molecule has 0 radical (unpaired) electrons. The van der Waals surface area contributed by atoms with Gasteiger partial charge in [-0.25, -0.2) is 0 Å². The van der Waals surface area contributed by atoms with E-state index in [9.17, 15) is 0 Å². The molecule has 0 bridgehead atoms. The Balaban J connectivity index is 2.28. The van der Waals surface area contributed by atoms with E-state index in [4.69, 9.17) is 11.6 Å². The highest BCUT2D eigenvalue weighted by Crippen LogP contribution is 2.26. The summed E-state index contributed by atoms with van der Waals surface area (Å²) in [5, 5.41) is 4.46. The van der Waals surface area contributed by atoms with Crippen LogP contribution in [0.1, 0.15) is 29.9 Å². The quantitative estimate of drug-likeness (QED) is 0.443. The highest BCUT2D eigenvalue weighted by atomic mass is 79.9. The minimum atomic E-state index is -0.0485. The molecule has 0 aliphatic carbocycles. The van der Waals surface area contributed by atoms with Crippen LogP contribution in [0.2, 0.25) is 0 Å². The Morgan fingerprint density at radius 1 is 1.40 bits per heavy atom. The number of aromatic nitrogens is 2. The normalized spacial score (nSPS) is 12.6. The van der Waals surface area contributed by atoms with Crippen LogP contribution in [0.5, 0.6) is 0 Å². The van der Waals surface area contributed by atoms with Gasteiger partial charge in [0.25, 0.3) is 0 Å². The predicted molar refractivity (Wildman–Crippen MR) is 84.9 cm³/mol. The molecule has 2 rings (SSSR count). The molecule has 1 heterocycles. The Morgan fingerprint density at radius 2 is 2.15 bits per heavy atom. The second-order valence-electron chi connectivity index (χ2n) is 4.80. The number of rotatable bonds is 5. The molecule has 20 heavy (non-hydrogen) atoms. The SMILES string of the molecule is CCc1cc(CC(NN)c2cc(Br)ccc2N)n(C)n1. The van der Waals surface area contributed by atoms with Crippen molar-refractivity contribution < 1.29 is 0 Å². The molecule has 2 aromatic rings. The van der Waals surface area contributed by atoms with Crippen molar-refractivity contribution >= 4 is 21.6 Å². The molecule has 0 aliphatic heterocycles. The van der Waals surface area contributed by atoms with Crippen molar-refractivity contribution in [3.05, 3.63) is 45.7 Å². The van der Waals surface area contributed by atoms with E-state index >= 15 is 0 Å². The number of halogens is 1. The van der Waals surface area contributed by atoms with Crippen LogP contribution in [0.4, 0.5) is 5.69 Å². The lowest BCUT2D eigenvalue weighted by atomic mass is 10.0. The molecule has 0 aliphatic rings. The summed E-state index contributed by atoms with van der Waals surface area (Å²) in [6.45, 7) is 2.09. The highest BCUT2D eigenvalue weighted by molar-refractivity contribution is 9.10. The highest BCUT2D eigenvalue weighted by Gasteiger charge is 2.16. The van der Waals surface area contributed by atoms with E-state index in [1.165, 1.54) is 0 Å².